The van der Waals surface area contributed by atoms with E-state index in [9.17, 15) is 38.4 Å². The predicted octanol–water partition coefficient (Wildman–Crippen LogP) is 1.25. The van der Waals surface area contributed by atoms with Crippen LogP contribution in [0.5, 0.6) is 0 Å². The van der Waals surface area contributed by atoms with Gasteiger partial charge in [0, 0.05) is 54.9 Å². The first-order valence-corrected chi connectivity index (χ1v) is 17.3. The summed E-state index contributed by atoms with van der Waals surface area (Å²) in [5.74, 6) is -5.76. The Kier molecular flexibility index (Phi) is 13.9. The van der Waals surface area contributed by atoms with Crippen LogP contribution in [0.4, 0.5) is 0 Å². The summed E-state index contributed by atoms with van der Waals surface area (Å²) in [6.45, 7) is 5.83. The fourth-order valence-corrected chi connectivity index (χ4v) is 7.06. The molecular weight excluding hydrogens is 742 g/mol. The Hall–Kier alpha value is -4.92. The highest BCUT2D eigenvalue weighted by atomic mass is 32.1. The van der Waals surface area contributed by atoms with E-state index in [0.717, 1.165) is 60.0 Å². The highest BCUT2D eigenvalue weighted by Crippen LogP contribution is 2.40. The predicted molar refractivity (Wildman–Crippen MR) is 179 cm³/mol. The van der Waals surface area contributed by atoms with E-state index in [1.54, 1.807) is 24.3 Å². The van der Waals surface area contributed by atoms with Gasteiger partial charge in [-0.3, -0.25) is 38.4 Å². The van der Waals surface area contributed by atoms with Gasteiger partial charge in [-0.2, -0.15) is 0 Å². The number of fused-ring (bicyclic) bond motifs is 1. The number of benzene rings is 1. The molecule has 0 saturated carbocycles. The lowest BCUT2D eigenvalue weighted by molar-refractivity contribution is -0.355. The van der Waals surface area contributed by atoms with Gasteiger partial charge in [-0.15, -0.1) is 0 Å². The van der Waals surface area contributed by atoms with Crippen molar-refractivity contribution < 1.29 is 80.9 Å². The number of rotatable bonds is 13. The van der Waals surface area contributed by atoms with Gasteiger partial charge in [-0.05, 0) is 12.1 Å². The van der Waals surface area contributed by atoms with Crippen molar-refractivity contribution in [3.05, 3.63) is 34.6 Å². The maximum Gasteiger partial charge on any atom is 0.303 e. The third-order valence-corrected chi connectivity index (χ3v) is 9.09. The van der Waals surface area contributed by atoms with E-state index in [2.05, 4.69) is 0 Å². The fraction of sp³-hybridized carbons (Fsp3) is 0.588. The Morgan fingerprint density at radius 1 is 0.704 bits per heavy atom. The van der Waals surface area contributed by atoms with Crippen molar-refractivity contribution >= 4 is 63.4 Å². The summed E-state index contributed by atoms with van der Waals surface area (Å²) < 4.78 is 59.0. The van der Waals surface area contributed by atoms with Crippen molar-refractivity contribution in [3.8, 4) is 0 Å². The molecule has 296 valence electrons. The van der Waals surface area contributed by atoms with Crippen molar-refractivity contribution in [2.24, 2.45) is 0 Å². The summed E-state index contributed by atoms with van der Waals surface area (Å²) in [6, 6.07) is 6.61. The first kappa shape index (κ1) is 41.8. The minimum Gasteiger partial charge on any atom is -0.463 e. The van der Waals surface area contributed by atoms with E-state index in [0.29, 0.717) is 10.1 Å². The first-order valence-electron chi connectivity index (χ1n) is 16.6. The molecule has 4 rings (SSSR count). The van der Waals surface area contributed by atoms with E-state index >= 15 is 0 Å². The number of ether oxygens (including phenoxy) is 10. The second kappa shape index (κ2) is 17.9. The number of carbonyl (C=O) groups excluding carboxylic acids is 7. The molecule has 8 atom stereocenters. The molecule has 0 N–H and O–H groups in total. The van der Waals surface area contributed by atoms with Gasteiger partial charge >= 0.3 is 41.8 Å². The Bertz CT molecular complexity index is 1780. The highest BCUT2D eigenvalue weighted by molar-refractivity contribution is 7.13. The number of aromatic nitrogens is 1. The molecule has 0 bridgehead atoms. The molecular formula is C34H41NO18S. The SMILES string of the molecule is CC(=O)OCC1OC(n2sc3ccccc3c2=O)C(OC(C)=O)C(OC(C)=O)C1OC1OC(COC(C)=O)(COC(C)=O)CC(OC(C)=O)C1OC(C)=O. The van der Waals surface area contributed by atoms with Crippen molar-refractivity contribution in [1.29, 1.82) is 0 Å². The Morgan fingerprint density at radius 3 is 1.78 bits per heavy atom. The number of carbonyl (C=O) groups is 7. The maximum absolute atomic E-state index is 13.7. The quantitative estimate of drug-likeness (QED) is 0.205. The molecule has 1 aromatic carbocycles. The summed E-state index contributed by atoms with van der Waals surface area (Å²) >= 11 is 0.959. The third kappa shape index (κ3) is 10.6. The Labute approximate surface area is 312 Å². The second-order valence-corrected chi connectivity index (χ2v) is 13.5. The molecule has 0 amide bonds. The van der Waals surface area contributed by atoms with Crippen LogP contribution in [0.25, 0.3) is 10.1 Å². The van der Waals surface area contributed by atoms with Crippen LogP contribution in [-0.4, -0.2) is 114 Å². The van der Waals surface area contributed by atoms with Crippen molar-refractivity contribution in [1.82, 2.24) is 3.96 Å². The van der Waals surface area contributed by atoms with Crippen molar-refractivity contribution in [2.75, 3.05) is 19.8 Å². The van der Waals surface area contributed by atoms with Gasteiger partial charge in [0.1, 0.15) is 43.7 Å². The zero-order chi connectivity index (χ0) is 39.9. The van der Waals surface area contributed by atoms with Gasteiger partial charge in [0.2, 0.25) is 0 Å². The van der Waals surface area contributed by atoms with Crippen LogP contribution in [0.1, 0.15) is 61.1 Å². The van der Waals surface area contributed by atoms with Gasteiger partial charge in [0.25, 0.3) is 5.56 Å². The highest BCUT2D eigenvalue weighted by Gasteiger charge is 2.58. The third-order valence-electron chi connectivity index (χ3n) is 7.97. The van der Waals surface area contributed by atoms with E-state index in [-0.39, 0.29) is 6.42 Å². The first-order chi connectivity index (χ1) is 25.4. The number of hydrogen-bond acceptors (Lipinski definition) is 19. The van der Waals surface area contributed by atoms with Gasteiger partial charge < -0.3 is 47.4 Å². The zero-order valence-corrected chi connectivity index (χ0v) is 31.3. The lowest BCUT2D eigenvalue weighted by Crippen LogP contribution is -2.66. The monoisotopic (exact) mass is 783 g/mol. The maximum atomic E-state index is 13.7. The van der Waals surface area contributed by atoms with Crippen LogP contribution < -0.4 is 5.56 Å². The van der Waals surface area contributed by atoms with Crippen molar-refractivity contribution in [2.45, 2.75) is 110 Å². The van der Waals surface area contributed by atoms with Crippen LogP contribution in [-0.2, 0) is 80.9 Å². The number of nitrogens with zero attached hydrogens (tertiary/aromatic N) is 1. The summed E-state index contributed by atoms with van der Waals surface area (Å²) in [5, 5.41) is 0.305. The molecule has 19 nitrogen and oxygen atoms in total. The number of esters is 7. The molecule has 0 radical (unpaired) electrons. The van der Waals surface area contributed by atoms with Crippen LogP contribution >= 0.6 is 11.5 Å². The summed E-state index contributed by atoms with van der Waals surface area (Å²) in [7, 11) is 0. The van der Waals surface area contributed by atoms with Crippen LogP contribution in [0.3, 0.4) is 0 Å². The summed E-state index contributed by atoms with van der Waals surface area (Å²) in [4.78, 5) is 99.8. The average Bonchev–Trinajstić information content (AvgIpc) is 3.40. The molecule has 2 aromatic rings. The molecule has 20 heteroatoms. The molecule has 2 saturated heterocycles. The number of hydrogen-bond donors (Lipinski definition) is 0. The minimum absolute atomic E-state index is 0.305. The second-order valence-electron chi connectivity index (χ2n) is 12.5. The lowest BCUT2D eigenvalue weighted by atomic mass is 9.90. The van der Waals surface area contributed by atoms with Crippen LogP contribution in [0.15, 0.2) is 29.1 Å². The lowest BCUT2D eigenvalue weighted by Gasteiger charge is -2.49. The van der Waals surface area contributed by atoms with E-state index in [4.69, 9.17) is 47.4 Å². The smallest absolute Gasteiger partial charge is 0.303 e. The standard InChI is InChI=1S/C34H41NO18S/c1-16(36)44-13-25-27(29(49-21(6)41)30(50-22(7)42)32(51-25)35-31(43)23-10-8-9-11-26(23)54-35)52-33-28(48-20(5)40)24(47-19(4)39)12-34(53-33,14-45-17(2)37)15-46-18(3)38/h8-11,24-25,27-30,32-33H,12-15H2,1-7H3. The summed E-state index contributed by atoms with van der Waals surface area (Å²) in [5.41, 5.74) is -2.35. The molecule has 2 aliphatic rings. The molecule has 3 heterocycles. The summed E-state index contributed by atoms with van der Waals surface area (Å²) in [6.07, 6.45) is -13.0. The van der Waals surface area contributed by atoms with Crippen LogP contribution in [0, 0.1) is 0 Å². The topological polar surface area (TPSA) is 234 Å². The minimum atomic E-state index is -1.84. The van der Waals surface area contributed by atoms with Gasteiger partial charge in [0.05, 0.1) is 10.1 Å². The molecule has 54 heavy (non-hydrogen) atoms. The normalized spacial score (nSPS) is 26.1. The fourth-order valence-electron chi connectivity index (χ4n) is 6.00. The molecule has 1 aromatic heterocycles. The van der Waals surface area contributed by atoms with Crippen molar-refractivity contribution in [3.63, 3.8) is 0 Å². The van der Waals surface area contributed by atoms with E-state index in [1.165, 1.54) is 3.96 Å². The Morgan fingerprint density at radius 2 is 1.24 bits per heavy atom. The molecule has 2 fully saturated rings. The van der Waals surface area contributed by atoms with Gasteiger partial charge in [-0.25, -0.2) is 3.96 Å². The molecule has 8 unspecified atom stereocenters. The average molecular weight is 784 g/mol. The van der Waals surface area contributed by atoms with E-state index in [1.807, 2.05) is 0 Å². The Balaban J connectivity index is 1.90. The van der Waals surface area contributed by atoms with Gasteiger partial charge in [0.15, 0.2) is 30.8 Å². The zero-order valence-electron chi connectivity index (χ0n) is 30.5. The van der Waals surface area contributed by atoms with Gasteiger partial charge in [-0.1, -0.05) is 23.7 Å². The molecule has 2 aliphatic heterocycles. The molecule has 0 aliphatic carbocycles. The molecule has 0 spiro atoms. The largest absolute Gasteiger partial charge is 0.463 e. The van der Waals surface area contributed by atoms with E-state index < -0.39 is 122 Å². The van der Waals surface area contributed by atoms with Crippen LogP contribution in [0.2, 0.25) is 0 Å².